The lowest BCUT2D eigenvalue weighted by molar-refractivity contribution is 0.0745. The summed E-state index contributed by atoms with van der Waals surface area (Å²) >= 11 is 6.15. The fraction of sp³-hybridized carbons (Fsp3) is 0.450. The van der Waals surface area contributed by atoms with E-state index in [2.05, 4.69) is 21.8 Å². The molecule has 2 fully saturated rings. The molecule has 2 heterocycles. The van der Waals surface area contributed by atoms with Gasteiger partial charge in [0.15, 0.2) is 0 Å². The third-order valence-corrected chi connectivity index (χ3v) is 5.48. The maximum absolute atomic E-state index is 12.9. The quantitative estimate of drug-likeness (QED) is 0.828. The smallest absolute Gasteiger partial charge is 0.257 e. The number of carbonyl (C=O) groups excluding carboxylic acids is 1. The Morgan fingerprint density at radius 3 is 2.54 bits per heavy atom. The van der Waals surface area contributed by atoms with E-state index in [4.69, 9.17) is 11.6 Å². The van der Waals surface area contributed by atoms with Gasteiger partial charge in [0.1, 0.15) is 5.82 Å². The zero-order chi connectivity index (χ0) is 18.3. The summed E-state index contributed by atoms with van der Waals surface area (Å²) in [6, 6.07) is 5.95. The van der Waals surface area contributed by atoms with Gasteiger partial charge >= 0.3 is 0 Å². The molecule has 0 radical (unpaired) electrons. The van der Waals surface area contributed by atoms with Crippen LogP contribution in [-0.4, -0.2) is 47.0 Å². The Hall–Kier alpha value is -2.14. The molecule has 1 aliphatic carbocycles. The van der Waals surface area contributed by atoms with Gasteiger partial charge in [0, 0.05) is 49.0 Å². The third kappa shape index (κ3) is 3.40. The van der Waals surface area contributed by atoms with E-state index in [1.54, 1.807) is 6.20 Å². The second-order valence-corrected chi connectivity index (χ2v) is 7.65. The van der Waals surface area contributed by atoms with Crippen molar-refractivity contribution in [2.75, 3.05) is 31.1 Å². The Labute approximate surface area is 159 Å². The molecule has 2 aliphatic rings. The van der Waals surface area contributed by atoms with Crippen LogP contribution in [0.1, 0.15) is 46.2 Å². The van der Waals surface area contributed by atoms with Crippen LogP contribution in [0.5, 0.6) is 0 Å². The van der Waals surface area contributed by atoms with E-state index in [1.807, 2.05) is 30.0 Å². The minimum Gasteiger partial charge on any atom is -0.368 e. The lowest BCUT2D eigenvalue weighted by Crippen LogP contribution is -2.49. The van der Waals surface area contributed by atoms with Gasteiger partial charge in [-0.1, -0.05) is 17.7 Å². The number of carbonyl (C=O) groups is 1. The van der Waals surface area contributed by atoms with Crippen molar-refractivity contribution in [2.24, 2.45) is 0 Å². The number of nitrogens with zero attached hydrogens (tertiary/aromatic N) is 4. The molecule has 0 N–H and O–H groups in total. The predicted molar refractivity (Wildman–Crippen MR) is 103 cm³/mol. The molecule has 0 bridgehead atoms. The number of piperazine rings is 1. The zero-order valence-electron chi connectivity index (χ0n) is 15.2. The first-order valence-corrected chi connectivity index (χ1v) is 9.54. The van der Waals surface area contributed by atoms with E-state index < -0.39 is 0 Å². The molecule has 1 aliphatic heterocycles. The second kappa shape index (κ2) is 6.88. The van der Waals surface area contributed by atoms with E-state index in [1.165, 1.54) is 5.56 Å². The second-order valence-electron chi connectivity index (χ2n) is 7.21. The lowest BCUT2D eigenvalue weighted by Gasteiger charge is -2.37. The summed E-state index contributed by atoms with van der Waals surface area (Å²) in [7, 11) is 0. The summed E-state index contributed by atoms with van der Waals surface area (Å²) in [6.45, 7) is 6.97. The van der Waals surface area contributed by atoms with Crippen LogP contribution in [-0.2, 0) is 0 Å². The monoisotopic (exact) mass is 370 g/mol. The predicted octanol–water partition coefficient (Wildman–Crippen LogP) is 3.59. The van der Waals surface area contributed by atoms with Crippen molar-refractivity contribution >= 4 is 23.2 Å². The largest absolute Gasteiger partial charge is 0.368 e. The van der Waals surface area contributed by atoms with Gasteiger partial charge in [-0.15, -0.1) is 0 Å². The molecule has 26 heavy (non-hydrogen) atoms. The van der Waals surface area contributed by atoms with Crippen molar-refractivity contribution in [3.8, 4) is 0 Å². The van der Waals surface area contributed by atoms with Gasteiger partial charge in [0.2, 0.25) is 0 Å². The highest BCUT2D eigenvalue weighted by molar-refractivity contribution is 6.30. The Morgan fingerprint density at radius 2 is 1.88 bits per heavy atom. The fourth-order valence-corrected chi connectivity index (χ4v) is 3.64. The number of hydrogen-bond donors (Lipinski definition) is 0. The van der Waals surface area contributed by atoms with Crippen LogP contribution in [0.15, 0.2) is 24.4 Å². The zero-order valence-corrected chi connectivity index (χ0v) is 16.0. The Bertz CT molecular complexity index is 842. The minimum atomic E-state index is 0.0345. The number of aromatic nitrogens is 2. The van der Waals surface area contributed by atoms with Crippen LogP contribution in [0.4, 0.5) is 5.69 Å². The molecule has 1 amide bonds. The molecule has 2 aromatic rings. The number of rotatable bonds is 3. The fourth-order valence-electron chi connectivity index (χ4n) is 3.48. The number of hydrogen-bond acceptors (Lipinski definition) is 4. The number of amides is 1. The highest BCUT2D eigenvalue weighted by Gasteiger charge is 2.29. The average molecular weight is 371 g/mol. The van der Waals surface area contributed by atoms with Crippen LogP contribution in [0, 0.1) is 13.8 Å². The van der Waals surface area contributed by atoms with Gasteiger partial charge in [-0.05, 0) is 44.4 Å². The number of benzene rings is 1. The van der Waals surface area contributed by atoms with E-state index in [9.17, 15) is 4.79 Å². The maximum atomic E-state index is 12.9. The molecule has 136 valence electrons. The first kappa shape index (κ1) is 17.3. The van der Waals surface area contributed by atoms with Crippen molar-refractivity contribution in [3.05, 3.63) is 52.1 Å². The van der Waals surface area contributed by atoms with Crippen molar-refractivity contribution in [3.63, 3.8) is 0 Å². The Morgan fingerprint density at radius 1 is 1.15 bits per heavy atom. The average Bonchev–Trinajstić information content (AvgIpc) is 3.48. The first-order valence-electron chi connectivity index (χ1n) is 9.17. The van der Waals surface area contributed by atoms with Gasteiger partial charge in [-0.3, -0.25) is 4.79 Å². The maximum Gasteiger partial charge on any atom is 0.257 e. The number of aryl methyl sites for hydroxylation is 2. The molecule has 1 saturated heterocycles. The van der Waals surface area contributed by atoms with Crippen LogP contribution in [0.2, 0.25) is 5.02 Å². The van der Waals surface area contributed by atoms with E-state index >= 15 is 0 Å². The van der Waals surface area contributed by atoms with Crippen molar-refractivity contribution in [2.45, 2.75) is 32.6 Å². The molecule has 5 nitrogen and oxygen atoms in total. The van der Waals surface area contributed by atoms with E-state index in [0.717, 1.165) is 48.2 Å². The summed E-state index contributed by atoms with van der Waals surface area (Å²) < 4.78 is 0. The highest BCUT2D eigenvalue weighted by atomic mass is 35.5. The molecular formula is C20H23ClN4O. The van der Waals surface area contributed by atoms with Crippen molar-refractivity contribution in [1.82, 2.24) is 14.9 Å². The molecular weight excluding hydrogens is 348 g/mol. The minimum absolute atomic E-state index is 0.0345. The molecule has 1 saturated carbocycles. The standard InChI is InChI=1S/C20H23ClN4O/c1-13-3-6-16(21)11-18(13)24-7-9-25(10-8-24)20(26)17-12-22-19(15-4-5-15)23-14(17)2/h3,6,11-12,15H,4-5,7-10H2,1-2H3. The third-order valence-electron chi connectivity index (χ3n) is 5.25. The highest BCUT2D eigenvalue weighted by Crippen LogP contribution is 2.38. The number of halogens is 1. The molecule has 4 rings (SSSR count). The molecule has 0 unspecified atom stereocenters. The summed E-state index contributed by atoms with van der Waals surface area (Å²) in [5.74, 6) is 1.43. The summed E-state index contributed by atoms with van der Waals surface area (Å²) in [5, 5.41) is 0.743. The Kier molecular flexibility index (Phi) is 4.57. The van der Waals surface area contributed by atoms with Gasteiger partial charge in [-0.25, -0.2) is 9.97 Å². The lowest BCUT2D eigenvalue weighted by atomic mass is 10.1. The van der Waals surface area contributed by atoms with Gasteiger partial charge in [0.05, 0.1) is 11.3 Å². The van der Waals surface area contributed by atoms with Gasteiger partial charge < -0.3 is 9.80 Å². The molecule has 6 heteroatoms. The molecule has 0 spiro atoms. The van der Waals surface area contributed by atoms with Crippen molar-refractivity contribution in [1.29, 1.82) is 0 Å². The van der Waals surface area contributed by atoms with Crippen molar-refractivity contribution < 1.29 is 4.79 Å². The summed E-state index contributed by atoms with van der Waals surface area (Å²) in [5.41, 5.74) is 3.77. The van der Waals surface area contributed by atoms with Crippen LogP contribution in [0.3, 0.4) is 0 Å². The number of anilines is 1. The van der Waals surface area contributed by atoms with E-state index in [0.29, 0.717) is 24.6 Å². The summed E-state index contributed by atoms with van der Waals surface area (Å²) in [4.78, 5) is 26.1. The van der Waals surface area contributed by atoms with Crippen LogP contribution >= 0.6 is 11.6 Å². The van der Waals surface area contributed by atoms with Crippen LogP contribution in [0.25, 0.3) is 0 Å². The van der Waals surface area contributed by atoms with Crippen LogP contribution < -0.4 is 4.90 Å². The SMILES string of the molecule is Cc1ccc(Cl)cc1N1CCN(C(=O)c2cnc(C3CC3)nc2C)CC1. The molecule has 1 aromatic heterocycles. The molecule has 1 aromatic carbocycles. The van der Waals surface area contributed by atoms with Gasteiger partial charge in [0.25, 0.3) is 5.91 Å². The first-order chi connectivity index (χ1) is 12.5. The van der Waals surface area contributed by atoms with E-state index in [-0.39, 0.29) is 5.91 Å². The Balaban J connectivity index is 1.44. The normalized spacial score (nSPS) is 17.5. The van der Waals surface area contributed by atoms with Gasteiger partial charge in [-0.2, -0.15) is 0 Å². The molecule has 0 atom stereocenters. The topological polar surface area (TPSA) is 49.3 Å². The summed E-state index contributed by atoms with van der Waals surface area (Å²) in [6.07, 6.45) is 4.04.